The molecule has 2 N–H and O–H groups in total. The highest BCUT2D eigenvalue weighted by Gasteiger charge is 2.21. The molecule has 1 aliphatic rings. The molecule has 1 aromatic rings. The summed E-state index contributed by atoms with van der Waals surface area (Å²) in [6.45, 7) is 2.16. The van der Waals surface area contributed by atoms with Crippen LogP contribution in [0.15, 0.2) is 24.3 Å². The molecule has 0 radical (unpaired) electrons. The Labute approximate surface area is 96.2 Å². The molecular weight excluding hydrogens is 203 g/mol. The lowest BCUT2D eigenvalue weighted by molar-refractivity contribution is 0.418. The van der Waals surface area contributed by atoms with E-state index in [1.807, 2.05) is 19.2 Å². The predicted molar refractivity (Wildman–Crippen MR) is 63.8 cm³/mol. The van der Waals surface area contributed by atoms with E-state index in [0.29, 0.717) is 5.92 Å². The van der Waals surface area contributed by atoms with Crippen molar-refractivity contribution in [2.24, 2.45) is 5.92 Å². The second kappa shape index (κ2) is 5.41. The summed E-state index contributed by atoms with van der Waals surface area (Å²) < 4.78 is 13.6. The molecule has 1 heterocycles. The fraction of sp³-hybridized carbons (Fsp3) is 0.538. The maximum Gasteiger partial charge on any atom is 0.127 e. The first-order valence-electron chi connectivity index (χ1n) is 5.93. The molecule has 0 spiro atoms. The lowest BCUT2D eigenvalue weighted by Crippen LogP contribution is -2.22. The van der Waals surface area contributed by atoms with Crippen LogP contribution >= 0.6 is 0 Å². The Morgan fingerprint density at radius 3 is 2.94 bits per heavy atom. The fourth-order valence-electron chi connectivity index (χ4n) is 2.41. The van der Waals surface area contributed by atoms with Gasteiger partial charge in [0, 0.05) is 11.6 Å². The molecule has 0 bridgehead atoms. The molecule has 1 aromatic carbocycles. The average Bonchev–Trinajstić information content (AvgIpc) is 2.80. The molecule has 1 fully saturated rings. The molecule has 1 aliphatic heterocycles. The second-order valence-electron chi connectivity index (χ2n) is 4.46. The highest BCUT2D eigenvalue weighted by molar-refractivity contribution is 5.21. The van der Waals surface area contributed by atoms with Crippen LogP contribution in [-0.2, 0) is 0 Å². The van der Waals surface area contributed by atoms with E-state index in [4.69, 9.17) is 0 Å². The summed E-state index contributed by atoms with van der Waals surface area (Å²) in [6.07, 6.45) is 2.21. The zero-order valence-corrected chi connectivity index (χ0v) is 9.67. The van der Waals surface area contributed by atoms with Gasteiger partial charge < -0.3 is 10.6 Å². The van der Waals surface area contributed by atoms with Crippen molar-refractivity contribution in [1.29, 1.82) is 0 Å². The summed E-state index contributed by atoms with van der Waals surface area (Å²) in [4.78, 5) is 0. The Bertz CT molecular complexity index is 334. The van der Waals surface area contributed by atoms with Gasteiger partial charge in [-0.3, -0.25) is 0 Å². The monoisotopic (exact) mass is 222 g/mol. The van der Waals surface area contributed by atoms with Crippen molar-refractivity contribution in [3.05, 3.63) is 35.6 Å². The van der Waals surface area contributed by atoms with Crippen LogP contribution in [0.25, 0.3) is 0 Å². The Morgan fingerprint density at radius 2 is 2.31 bits per heavy atom. The van der Waals surface area contributed by atoms with Gasteiger partial charge in [0.25, 0.3) is 0 Å². The van der Waals surface area contributed by atoms with E-state index >= 15 is 0 Å². The van der Waals surface area contributed by atoms with Gasteiger partial charge in [-0.1, -0.05) is 18.2 Å². The first-order chi connectivity index (χ1) is 7.81. The molecule has 0 amide bonds. The summed E-state index contributed by atoms with van der Waals surface area (Å²) in [5.74, 6) is 0.560. The largest absolute Gasteiger partial charge is 0.316 e. The van der Waals surface area contributed by atoms with Gasteiger partial charge in [0.1, 0.15) is 5.82 Å². The quantitative estimate of drug-likeness (QED) is 0.815. The summed E-state index contributed by atoms with van der Waals surface area (Å²) in [5, 5.41) is 6.56. The third-order valence-corrected chi connectivity index (χ3v) is 3.36. The predicted octanol–water partition coefficient (Wildman–Crippen LogP) is 2.09. The highest BCUT2D eigenvalue weighted by atomic mass is 19.1. The zero-order chi connectivity index (χ0) is 11.4. The lowest BCUT2D eigenvalue weighted by Gasteiger charge is -2.20. The van der Waals surface area contributed by atoms with Gasteiger partial charge in [0.2, 0.25) is 0 Å². The average molecular weight is 222 g/mol. The van der Waals surface area contributed by atoms with E-state index in [2.05, 4.69) is 10.6 Å². The van der Waals surface area contributed by atoms with Crippen LogP contribution in [0.3, 0.4) is 0 Å². The molecular formula is C13H19FN2. The second-order valence-corrected chi connectivity index (χ2v) is 4.46. The van der Waals surface area contributed by atoms with Gasteiger partial charge in [0.05, 0.1) is 0 Å². The Balaban J connectivity index is 2.06. The first-order valence-corrected chi connectivity index (χ1v) is 5.93. The van der Waals surface area contributed by atoms with Crippen molar-refractivity contribution < 1.29 is 4.39 Å². The number of halogens is 1. The van der Waals surface area contributed by atoms with Crippen LogP contribution in [0.5, 0.6) is 0 Å². The van der Waals surface area contributed by atoms with E-state index in [1.54, 1.807) is 6.07 Å². The Kier molecular flexibility index (Phi) is 3.91. The van der Waals surface area contributed by atoms with E-state index < -0.39 is 0 Å². The molecule has 0 aliphatic carbocycles. The van der Waals surface area contributed by atoms with Crippen LogP contribution < -0.4 is 10.6 Å². The minimum atomic E-state index is -0.104. The number of hydrogen-bond acceptors (Lipinski definition) is 2. The first kappa shape index (κ1) is 11.6. The van der Waals surface area contributed by atoms with E-state index in [1.165, 1.54) is 12.5 Å². The van der Waals surface area contributed by atoms with E-state index in [9.17, 15) is 4.39 Å². The molecule has 2 rings (SSSR count). The molecule has 16 heavy (non-hydrogen) atoms. The SMILES string of the molecule is CNC(CC1CCNC1)c1ccccc1F. The topological polar surface area (TPSA) is 24.1 Å². The summed E-state index contributed by atoms with van der Waals surface area (Å²) in [5.41, 5.74) is 0.789. The summed E-state index contributed by atoms with van der Waals surface area (Å²) in [7, 11) is 1.90. The van der Waals surface area contributed by atoms with Crippen molar-refractivity contribution in [2.75, 3.05) is 20.1 Å². The summed E-state index contributed by atoms with van der Waals surface area (Å²) in [6, 6.07) is 7.18. The molecule has 0 saturated carbocycles. The van der Waals surface area contributed by atoms with Gasteiger partial charge >= 0.3 is 0 Å². The van der Waals surface area contributed by atoms with Crippen LogP contribution in [0.1, 0.15) is 24.4 Å². The van der Waals surface area contributed by atoms with E-state index in [-0.39, 0.29) is 11.9 Å². The number of nitrogens with one attached hydrogen (secondary N) is 2. The van der Waals surface area contributed by atoms with Gasteiger partial charge in [-0.15, -0.1) is 0 Å². The Hall–Kier alpha value is -0.930. The standard InChI is InChI=1S/C13H19FN2/c1-15-13(8-10-6-7-16-9-10)11-4-2-3-5-12(11)14/h2-5,10,13,15-16H,6-9H2,1H3. The molecule has 1 saturated heterocycles. The number of rotatable bonds is 4. The van der Waals surface area contributed by atoms with Crippen molar-refractivity contribution >= 4 is 0 Å². The molecule has 0 aromatic heterocycles. The normalized spacial score (nSPS) is 22.2. The molecule has 3 heteroatoms. The summed E-state index contributed by atoms with van der Waals surface area (Å²) >= 11 is 0. The number of benzene rings is 1. The lowest BCUT2D eigenvalue weighted by atomic mass is 9.94. The van der Waals surface area contributed by atoms with E-state index in [0.717, 1.165) is 25.1 Å². The smallest absolute Gasteiger partial charge is 0.127 e. The minimum absolute atomic E-state index is 0.104. The van der Waals surface area contributed by atoms with Gasteiger partial charge in [-0.2, -0.15) is 0 Å². The third kappa shape index (κ3) is 2.60. The third-order valence-electron chi connectivity index (χ3n) is 3.36. The molecule has 2 atom stereocenters. The molecule has 2 unspecified atom stereocenters. The van der Waals surface area contributed by atoms with Crippen molar-refractivity contribution in [3.63, 3.8) is 0 Å². The maximum absolute atomic E-state index is 13.6. The van der Waals surface area contributed by atoms with Crippen LogP contribution in [0.2, 0.25) is 0 Å². The van der Waals surface area contributed by atoms with Gasteiger partial charge in [-0.25, -0.2) is 4.39 Å². The minimum Gasteiger partial charge on any atom is -0.316 e. The van der Waals surface area contributed by atoms with Crippen molar-refractivity contribution in [3.8, 4) is 0 Å². The molecule has 88 valence electrons. The van der Waals surface area contributed by atoms with Crippen molar-refractivity contribution in [1.82, 2.24) is 10.6 Å². The zero-order valence-electron chi connectivity index (χ0n) is 9.67. The molecule has 2 nitrogen and oxygen atoms in total. The highest BCUT2D eigenvalue weighted by Crippen LogP contribution is 2.26. The number of hydrogen-bond donors (Lipinski definition) is 2. The van der Waals surface area contributed by atoms with Crippen LogP contribution in [0.4, 0.5) is 4.39 Å². The van der Waals surface area contributed by atoms with Crippen molar-refractivity contribution in [2.45, 2.75) is 18.9 Å². The van der Waals surface area contributed by atoms with Crippen LogP contribution in [-0.4, -0.2) is 20.1 Å². The van der Waals surface area contributed by atoms with Gasteiger partial charge in [0.15, 0.2) is 0 Å². The van der Waals surface area contributed by atoms with Gasteiger partial charge in [-0.05, 0) is 45.0 Å². The van der Waals surface area contributed by atoms with Crippen LogP contribution in [0, 0.1) is 11.7 Å². The maximum atomic E-state index is 13.6. The fourth-order valence-corrected chi connectivity index (χ4v) is 2.41. The Morgan fingerprint density at radius 1 is 1.50 bits per heavy atom.